The molecule has 0 fully saturated rings. The molecule has 1 aromatic heterocycles. The van der Waals surface area contributed by atoms with E-state index in [9.17, 15) is 4.39 Å². The molecule has 1 heterocycles. The number of rotatable bonds is 2. The van der Waals surface area contributed by atoms with Gasteiger partial charge in [0.25, 0.3) is 0 Å². The Morgan fingerprint density at radius 2 is 2.00 bits per heavy atom. The summed E-state index contributed by atoms with van der Waals surface area (Å²) < 4.78 is 12.6. The molecule has 0 saturated carbocycles. The molecule has 0 unspecified atom stereocenters. The van der Waals surface area contributed by atoms with E-state index in [4.69, 9.17) is 5.73 Å². The lowest BCUT2D eigenvalue weighted by molar-refractivity contribution is 0.628. The Balaban J connectivity index is 2.34. The zero-order valence-corrected chi connectivity index (χ0v) is 7.37. The van der Waals surface area contributed by atoms with Gasteiger partial charge in [-0.1, -0.05) is 0 Å². The molecule has 2 aromatic rings. The SMILES string of the molecule is NCc1nc(-c2ccc(F)cc2)n[nH]1. The monoisotopic (exact) mass is 192 g/mol. The second kappa shape index (κ2) is 3.55. The van der Waals surface area contributed by atoms with Crippen molar-refractivity contribution < 1.29 is 4.39 Å². The van der Waals surface area contributed by atoms with Crippen LogP contribution in [0.2, 0.25) is 0 Å². The zero-order valence-electron chi connectivity index (χ0n) is 7.37. The highest BCUT2D eigenvalue weighted by Gasteiger charge is 2.04. The maximum atomic E-state index is 12.6. The Hall–Kier alpha value is -1.75. The molecular formula is C9H9FN4. The Bertz CT molecular complexity index is 421. The van der Waals surface area contributed by atoms with Crippen molar-refractivity contribution in [3.05, 3.63) is 35.9 Å². The van der Waals surface area contributed by atoms with Gasteiger partial charge in [-0.25, -0.2) is 9.37 Å². The van der Waals surface area contributed by atoms with E-state index >= 15 is 0 Å². The van der Waals surface area contributed by atoms with Crippen molar-refractivity contribution in [3.8, 4) is 11.4 Å². The van der Waals surface area contributed by atoms with E-state index in [2.05, 4.69) is 15.2 Å². The van der Waals surface area contributed by atoms with E-state index < -0.39 is 0 Å². The molecule has 0 atom stereocenters. The fraction of sp³-hybridized carbons (Fsp3) is 0.111. The van der Waals surface area contributed by atoms with Crippen molar-refractivity contribution in [1.82, 2.24) is 15.2 Å². The van der Waals surface area contributed by atoms with E-state index in [1.165, 1.54) is 12.1 Å². The summed E-state index contributed by atoms with van der Waals surface area (Å²) in [6.07, 6.45) is 0. The first-order valence-corrected chi connectivity index (χ1v) is 4.17. The van der Waals surface area contributed by atoms with Crippen molar-refractivity contribution in [3.63, 3.8) is 0 Å². The van der Waals surface area contributed by atoms with Crippen LogP contribution in [0.25, 0.3) is 11.4 Å². The molecule has 1 aromatic carbocycles. The van der Waals surface area contributed by atoms with Crippen molar-refractivity contribution in [2.24, 2.45) is 5.73 Å². The number of H-pyrrole nitrogens is 1. The lowest BCUT2D eigenvalue weighted by Crippen LogP contribution is -1.97. The molecule has 3 N–H and O–H groups in total. The third kappa shape index (κ3) is 1.62. The Morgan fingerprint density at radius 3 is 2.57 bits per heavy atom. The second-order valence-corrected chi connectivity index (χ2v) is 2.82. The number of nitrogens with one attached hydrogen (secondary N) is 1. The van der Waals surface area contributed by atoms with Gasteiger partial charge in [-0.3, -0.25) is 5.10 Å². The molecule has 0 amide bonds. The quantitative estimate of drug-likeness (QED) is 0.747. The smallest absolute Gasteiger partial charge is 0.181 e. The highest BCUT2D eigenvalue weighted by atomic mass is 19.1. The Labute approximate surface area is 80.0 Å². The van der Waals surface area contributed by atoms with E-state index in [0.29, 0.717) is 18.2 Å². The number of halogens is 1. The lowest BCUT2D eigenvalue weighted by Gasteiger charge is -1.93. The minimum Gasteiger partial charge on any atom is -0.324 e. The van der Waals surface area contributed by atoms with Crippen LogP contribution in [0.5, 0.6) is 0 Å². The maximum Gasteiger partial charge on any atom is 0.181 e. The summed E-state index contributed by atoms with van der Waals surface area (Å²) in [5.41, 5.74) is 6.14. The summed E-state index contributed by atoms with van der Waals surface area (Å²) in [7, 11) is 0. The van der Waals surface area contributed by atoms with Gasteiger partial charge < -0.3 is 5.73 Å². The fourth-order valence-corrected chi connectivity index (χ4v) is 1.11. The van der Waals surface area contributed by atoms with Crippen LogP contribution in [-0.4, -0.2) is 15.2 Å². The predicted octanol–water partition coefficient (Wildman–Crippen LogP) is 1.07. The van der Waals surface area contributed by atoms with Gasteiger partial charge in [-0.05, 0) is 24.3 Å². The maximum absolute atomic E-state index is 12.6. The molecule has 2 rings (SSSR count). The van der Waals surface area contributed by atoms with Gasteiger partial charge in [-0.2, -0.15) is 5.10 Å². The molecule has 14 heavy (non-hydrogen) atoms. The number of nitrogens with two attached hydrogens (primary N) is 1. The standard InChI is InChI=1S/C9H9FN4/c10-7-3-1-6(2-4-7)9-12-8(5-11)13-14-9/h1-4H,5,11H2,(H,12,13,14). The fourth-order valence-electron chi connectivity index (χ4n) is 1.11. The molecule has 0 aliphatic carbocycles. The van der Waals surface area contributed by atoms with Crippen LogP contribution in [0.4, 0.5) is 4.39 Å². The molecule has 0 aliphatic rings. The molecule has 4 nitrogen and oxygen atoms in total. The van der Waals surface area contributed by atoms with Crippen molar-refractivity contribution in [2.45, 2.75) is 6.54 Å². The molecule has 0 spiro atoms. The van der Waals surface area contributed by atoms with Gasteiger partial charge in [0.05, 0.1) is 6.54 Å². The zero-order chi connectivity index (χ0) is 9.97. The number of hydrogen-bond acceptors (Lipinski definition) is 3. The van der Waals surface area contributed by atoms with Crippen LogP contribution in [0.15, 0.2) is 24.3 Å². The molecule has 0 saturated heterocycles. The summed E-state index contributed by atoms with van der Waals surface area (Å²) in [6.45, 7) is 0.314. The highest BCUT2D eigenvalue weighted by molar-refractivity contribution is 5.53. The van der Waals surface area contributed by atoms with E-state index in [-0.39, 0.29) is 5.82 Å². The number of benzene rings is 1. The van der Waals surface area contributed by atoms with Crippen LogP contribution in [0, 0.1) is 5.82 Å². The normalized spacial score (nSPS) is 10.4. The number of nitrogens with zero attached hydrogens (tertiary/aromatic N) is 2. The van der Waals surface area contributed by atoms with Crippen molar-refractivity contribution in [2.75, 3.05) is 0 Å². The van der Waals surface area contributed by atoms with Gasteiger partial charge in [0, 0.05) is 5.56 Å². The third-order valence-electron chi connectivity index (χ3n) is 1.83. The third-order valence-corrected chi connectivity index (χ3v) is 1.83. The number of aromatic nitrogens is 3. The summed E-state index contributed by atoms with van der Waals surface area (Å²) in [5.74, 6) is 0.873. The Kier molecular flexibility index (Phi) is 2.24. The van der Waals surface area contributed by atoms with E-state index in [1.54, 1.807) is 12.1 Å². The van der Waals surface area contributed by atoms with Gasteiger partial charge in [-0.15, -0.1) is 0 Å². The van der Waals surface area contributed by atoms with Crippen LogP contribution < -0.4 is 5.73 Å². The van der Waals surface area contributed by atoms with Crippen LogP contribution in [0.1, 0.15) is 5.82 Å². The van der Waals surface area contributed by atoms with Crippen LogP contribution >= 0.6 is 0 Å². The van der Waals surface area contributed by atoms with Crippen LogP contribution in [0.3, 0.4) is 0 Å². The van der Waals surface area contributed by atoms with Gasteiger partial charge in [0.2, 0.25) is 0 Å². The van der Waals surface area contributed by atoms with Gasteiger partial charge in [0.15, 0.2) is 5.82 Å². The number of aromatic amines is 1. The summed E-state index contributed by atoms with van der Waals surface area (Å²) in [6, 6.07) is 5.99. The van der Waals surface area contributed by atoms with Crippen molar-refractivity contribution >= 4 is 0 Å². The molecule has 0 bridgehead atoms. The van der Waals surface area contributed by atoms with Gasteiger partial charge >= 0.3 is 0 Å². The van der Waals surface area contributed by atoms with Crippen molar-refractivity contribution in [1.29, 1.82) is 0 Å². The minimum absolute atomic E-state index is 0.275. The van der Waals surface area contributed by atoms with E-state index in [0.717, 1.165) is 5.56 Å². The first-order valence-electron chi connectivity index (χ1n) is 4.17. The minimum atomic E-state index is -0.275. The molecule has 0 radical (unpaired) electrons. The predicted molar refractivity (Wildman–Crippen MR) is 49.7 cm³/mol. The summed E-state index contributed by atoms with van der Waals surface area (Å²) >= 11 is 0. The van der Waals surface area contributed by atoms with Gasteiger partial charge in [0.1, 0.15) is 11.6 Å². The molecular weight excluding hydrogens is 183 g/mol. The first-order chi connectivity index (χ1) is 6.79. The van der Waals surface area contributed by atoms with E-state index in [1.807, 2.05) is 0 Å². The number of hydrogen-bond donors (Lipinski definition) is 2. The average Bonchev–Trinajstić information content (AvgIpc) is 2.67. The largest absolute Gasteiger partial charge is 0.324 e. The summed E-state index contributed by atoms with van der Waals surface area (Å²) in [4.78, 5) is 4.11. The average molecular weight is 192 g/mol. The molecule has 72 valence electrons. The molecule has 0 aliphatic heterocycles. The molecule has 5 heteroatoms. The second-order valence-electron chi connectivity index (χ2n) is 2.82. The topological polar surface area (TPSA) is 67.6 Å². The first kappa shape index (κ1) is 8.83. The lowest BCUT2D eigenvalue weighted by atomic mass is 10.2. The highest BCUT2D eigenvalue weighted by Crippen LogP contribution is 2.14. The van der Waals surface area contributed by atoms with Crippen LogP contribution in [-0.2, 0) is 6.54 Å². The summed E-state index contributed by atoms with van der Waals surface area (Å²) in [5, 5.41) is 6.64. The Morgan fingerprint density at radius 1 is 1.29 bits per heavy atom.